The highest BCUT2D eigenvalue weighted by Gasteiger charge is 2.22. The van der Waals surface area contributed by atoms with Gasteiger partial charge in [0.2, 0.25) is 5.91 Å². The smallest absolute Gasteiger partial charge is 0.336 e. The minimum atomic E-state index is -1.40. The summed E-state index contributed by atoms with van der Waals surface area (Å²) in [6.45, 7) is 3.86. The molecule has 3 aromatic rings. The van der Waals surface area contributed by atoms with E-state index in [0.29, 0.717) is 18.8 Å². The summed E-state index contributed by atoms with van der Waals surface area (Å²) in [6, 6.07) is 20.5. The van der Waals surface area contributed by atoms with E-state index >= 15 is 0 Å². The lowest BCUT2D eigenvalue weighted by atomic mass is 10.0. The van der Waals surface area contributed by atoms with Crippen LogP contribution in [0.4, 0.5) is 5.69 Å². The van der Waals surface area contributed by atoms with E-state index in [1.54, 1.807) is 18.2 Å². The van der Waals surface area contributed by atoms with Crippen LogP contribution >= 0.6 is 11.8 Å². The summed E-state index contributed by atoms with van der Waals surface area (Å²) in [5.41, 5.74) is 0.913. The lowest BCUT2D eigenvalue weighted by Gasteiger charge is -2.34. The van der Waals surface area contributed by atoms with E-state index < -0.39 is 23.4 Å². The van der Waals surface area contributed by atoms with Crippen molar-refractivity contribution < 1.29 is 29.4 Å². The average Bonchev–Trinajstić information content (AvgIpc) is 2.92. The summed E-state index contributed by atoms with van der Waals surface area (Å²) in [5, 5.41) is 21.2. The van der Waals surface area contributed by atoms with Crippen molar-refractivity contribution in [3.63, 3.8) is 0 Å². The van der Waals surface area contributed by atoms with Crippen molar-refractivity contribution in [1.82, 2.24) is 9.80 Å². The van der Waals surface area contributed by atoms with Crippen LogP contribution in [0.5, 0.6) is 0 Å². The third-order valence-electron chi connectivity index (χ3n) is 6.17. The minimum absolute atomic E-state index is 0.0495. The van der Waals surface area contributed by atoms with Crippen molar-refractivity contribution in [3.05, 3.63) is 95.1 Å². The van der Waals surface area contributed by atoms with Gasteiger partial charge in [-0.25, -0.2) is 9.59 Å². The van der Waals surface area contributed by atoms with Gasteiger partial charge in [-0.2, -0.15) is 0 Å². The summed E-state index contributed by atoms with van der Waals surface area (Å²) >= 11 is 1.36. The molecule has 0 radical (unpaired) electrons. The number of hydrogen-bond donors (Lipinski definition) is 3. The quantitative estimate of drug-likeness (QED) is 0.355. The molecule has 0 atom stereocenters. The van der Waals surface area contributed by atoms with E-state index in [9.17, 15) is 24.3 Å². The third-order valence-corrected chi connectivity index (χ3v) is 7.15. The van der Waals surface area contributed by atoms with Crippen LogP contribution in [0.2, 0.25) is 0 Å². The molecule has 4 rings (SSSR count). The van der Waals surface area contributed by atoms with Gasteiger partial charge in [-0.15, -0.1) is 11.8 Å². The van der Waals surface area contributed by atoms with Crippen molar-refractivity contribution in [1.29, 1.82) is 0 Å². The number of thioether (sulfide) groups is 1. The first-order valence-corrected chi connectivity index (χ1v) is 13.0. The Balaban J connectivity index is 1.30. The summed E-state index contributed by atoms with van der Waals surface area (Å²) < 4.78 is 0. The number of nitrogens with one attached hydrogen (secondary N) is 1. The van der Waals surface area contributed by atoms with Crippen LogP contribution in [0.25, 0.3) is 0 Å². The minimum Gasteiger partial charge on any atom is -0.478 e. The molecular weight excluding hydrogens is 506 g/mol. The second-order valence-corrected chi connectivity index (χ2v) is 9.83. The SMILES string of the molecule is O=C(O)c1ccc(C(=O)Nc2cccc(SCC(=O)N3CCN(Cc4ccccc4)CC3)c2)c(C(=O)O)c1. The Bertz CT molecular complexity index is 1340. The lowest BCUT2D eigenvalue weighted by molar-refractivity contribution is -0.130. The molecule has 1 aliphatic rings. The number of hydrogen-bond acceptors (Lipinski definition) is 6. The van der Waals surface area contributed by atoms with Gasteiger partial charge >= 0.3 is 11.9 Å². The zero-order valence-electron chi connectivity index (χ0n) is 20.5. The predicted octanol–water partition coefficient (Wildman–Crippen LogP) is 3.77. The monoisotopic (exact) mass is 533 g/mol. The number of benzene rings is 3. The number of rotatable bonds is 9. The van der Waals surface area contributed by atoms with Gasteiger partial charge in [0, 0.05) is 43.3 Å². The molecule has 3 aromatic carbocycles. The fourth-order valence-corrected chi connectivity index (χ4v) is 5.01. The zero-order chi connectivity index (χ0) is 27.1. The van der Waals surface area contributed by atoms with Crippen LogP contribution < -0.4 is 5.32 Å². The van der Waals surface area contributed by atoms with E-state index in [1.165, 1.54) is 29.5 Å². The molecule has 10 heteroatoms. The summed E-state index contributed by atoms with van der Waals surface area (Å²) in [6.07, 6.45) is 0. The van der Waals surface area contributed by atoms with Gasteiger partial charge in [-0.3, -0.25) is 14.5 Å². The van der Waals surface area contributed by atoms with Crippen LogP contribution in [-0.2, 0) is 11.3 Å². The van der Waals surface area contributed by atoms with E-state index in [4.69, 9.17) is 5.11 Å². The molecule has 196 valence electrons. The van der Waals surface area contributed by atoms with Gasteiger partial charge in [-0.05, 0) is 42.0 Å². The normalized spacial score (nSPS) is 13.6. The highest BCUT2D eigenvalue weighted by atomic mass is 32.2. The number of anilines is 1. The van der Waals surface area contributed by atoms with E-state index in [0.717, 1.165) is 30.6 Å². The Labute approximate surface area is 224 Å². The summed E-state index contributed by atoms with van der Waals surface area (Å²) in [5.74, 6) is -3.05. The molecular formula is C28H27N3O6S. The maximum absolute atomic E-state index is 12.8. The molecule has 0 bridgehead atoms. The van der Waals surface area contributed by atoms with Crippen molar-refractivity contribution in [2.45, 2.75) is 11.4 Å². The largest absolute Gasteiger partial charge is 0.478 e. The topological polar surface area (TPSA) is 127 Å². The number of carbonyl (C=O) groups is 4. The molecule has 1 saturated heterocycles. The van der Waals surface area contributed by atoms with Gasteiger partial charge in [-0.1, -0.05) is 36.4 Å². The van der Waals surface area contributed by atoms with Gasteiger partial charge < -0.3 is 20.4 Å². The third kappa shape index (κ3) is 6.99. The number of carboxylic acid groups (broad SMARTS) is 2. The van der Waals surface area contributed by atoms with Gasteiger partial charge in [0.25, 0.3) is 5.91 Å². The van der Waals surface area contributed by atoms with Crippen molar-refractivity contribution >= 4 is 41.2 Å². The Hall–Kier alpha value is -4.15. The first-order valence-electron chi connectivity index (χ1n) is 12.0. The summed E-state index contributed by atoms with van der Waals surface area (Å²) in [4.78, 5) is 53.2. The number of carbonyl (C=O) groups excluding carboxylic acids is 2. The average molecular weight is 534 g/mol. The van der Waals surface area contributed by atoms with Crippen LogP contribution in [0.1, 0.15) is 36.6 Å². The molecule has 38 heavy (non-hydrogen) atoms. The van der Waals surface area contributed by atoms with Gasteiger partial charge in [0.15, 0.2) is 0 Å². The van der Waals surface area contributed by atoms with Gasteiger partial charge in [0.1, 0.15) is 0 Å². The molecule has 0 aromatic heterocycles. The number of amides is 2. The number of piperazine rings is 1. The molecule has 0 aliphatic carbocycles. The molecule has 0 unspecified atom stereocenters. The second kappa shape index (κ2) is 12.4. The highest BCUT2D eigenvalue weighted by molar-refractivity contribution is 8.00. The molecule has 1 heterocycles. The molecule has 3 N–H and O–H groups in total. The number of aromatic carboxylic acids is 2. The zero-order valence-corrected chi connectivity index (χ0v) is 21.3. The molecule has 2 amide bonds. The fourth-order valence-electron chi connectivity index (χ4n) is 4.15. The number of carboxylic acids is 2. The summed E-state index contributed by atoms with van der Waals surface area (Å²) in [7, 11) is 0. The van der Waals surface area contributed by atoms with E-state index in [2.05, 4.69) is 22.3 Å². The molecule has 0 saturated carbocycles. The standard InChI is InChI=1S/C28H27N3O6S/c32-25(31-13-11-30(12-14-31)17-19-5-2-1-3-6-19)18-38-22-8-4-7-21(16-22)29-26(33)23-10-9-20(27(34)35)15-24(23)28(36)37/h1-10,15-16H,11-14,17-18H2,(H,29,33)(H,34,35)(H,36,37). The van der Waals surface area contributed by atoms with Crippen LogP contribution in [0.3, 0.4) is 0 Å². The Morgan fingerprint density at radius 1 is 0.789 bits per heavy atom. The van der Waals surface area contributed by atoms with Crippen LogP contribution in [0, 0.1) is 0 Å². The van der Waals surface area contributed by atoms with E-state index in [-0.39, 0.29) is 22.8 Å². The Morgan fingerprint density at radius 2 is 1.53 bits per heavy atom. The Morgan fingerprint density at radius 3 is 2.21 bits per heavy atom. The van der Waals surface area contributed by atoms with Crippen molar-refractivity contribution in [2.24, 2.45) is 0 Å². The maximum atomic E-state index is 12.8. The molecule has 0 spiro atoms. The molecule has 1 fully saturated rings. The highest BCUT2D eigenvalue weighted by Crippen LogP contribution is 2.23. The first kappa shape index (κ1) is 26.9. The fraction of sp³-hybridized carbons (Fsp3) is 0.214. The van der Waals surface area contributed by atoms with Crippen molar-refractivity contribution in [3.8, 4) is 0 Å². The predicted molar refractivity (Wildman–Crippen MR) is 144 cm³/mol. The lowest BCUT2D eigenvalue weighted by Crippen LogP contribution is -2.48. The van der Waals surface area contributed by atoms with Crippen molar-refractivity contribution in [2.75, 3.05) is 37.2 Å². The first-order chi connectivity index (χ1) is 18.3. The molecule has 9 nitrogen and oxygen atoms in total. The Kier molecular flexibility index (Phi) is 8.77. The van der Waals surface area contributed by atoms with Gasteiger partial charge in [0.05, 0.1) is 22.4 Å². The molecule has 1 aliphatic heterocycles. The van der Waals surface area contributed by atoms with Crippen LogP contribution in [-0.4, -0.2) is 75.7 Å². The van der Waals surface area contributed by atoms with Crippen LogP contribution in [0.15, 0.2) is 77.7 Å². The maximum Gasteiger partial charge on any atom is 0.336 e. The number of nitrogens with zero attached hydrogens (tertiary/aromatic N) is 2. The van der Waals surface area contributed by atoms with E-state index in [1.807, 2.05) is 29.2 Å². The second-order valence-electron chi connectivity index (χ2n) is 8.78.